The van der Waals surface area contributed by atoms with Gasteiger partial charge in [-0.25, -0.2) is 14.8 Å². The van der Waals surface area contributed by atoms with Gasteiger partial charge in [0.15, 0.2) is 19.7 Å². The van der Waals surface area contributed by atoms with E-state index in [0.29, 0.717) is 16.8 Å². The third-order valence-electron chi connectivity index (χ3n) is 6.45. The Morgan fingerprint density at radius 3 is 2.68 bits per heavy atom. The monoisotopic (exact) mass is 510 g/mol. The fourth-order valence-corrected chi connectivity index (χ4v) is 5.42. The summed E-state index contributed by atoms with van der Waals surface area (Å²) in [6.45, 7) is 11.4. The van der Waals surface area contributed by atoms with Crippen LogP contribution in [0.1, 0.15) is 40.0 Å². The molecular formula is C21H31BrN4O4Si. The molecule has 3 heterocycles. The molecule has 170 valence electrons. The average molecular weight is 511 g/mol. The van der Waals surface area contributed by atoms with Crippen LogP contribution in [0.15, 0.2) is 23.1 Å². The Balaban J connectivity index is 1.79. The van der Waals surface area contributed by atoms with Crippen molar-refractivity contribution >= 4 is 47.3 Å². The fourth-order valence-electron chi connectivity index (χ4n) is 3.73. The first-order valence-electron chi connectivity index (χ1n) is 10.6. The van der Waals surface area contributed by atoms with E-state index in [4.69, 9.17) is 4.43 Å². The van der Waals surface area contributed by atoms with E-state index in [1.54, 1.807) is 17.0 Å². The molecule has 8 nitrogen and oxygen atoms in total. The topological polar surface area (TPSA) is 97.6 Å². The lowest BCUT2D eigenvalue weighted by atomic mass is 9.95. The minimum Gasteiger partial charge on any atom is -0.465 e. The van der Waals surface area contributed by atoms with Crippen LogP contribution >= 0.6 is 15.9 Å². The van der Waals surface area contributed by atoms with E-state index >= 15 is 0 Å². The minimum atomic E-state index is -2.11. The number of carboxylic acid groups (broad SMARTS) is 1. The molecule has 2 atom stereocenters. The predicted molar refractivity (Wildman–Crippen MR) is 125 cm³/mol. The van der Waals surface area contributed by atoms with Crippen LogP contribution in [0, 0.1) is 0 Å². The maximum Gasteiger partial charge on any atom is 0.407 e. The van der Waals surface area contributed by atoms with E-state index in [0.717, 1.165) is 18.4 Å². The zero-order valence-electron chi connectivity index (χ0n) is 18.8. The zero-order chi connectivity index (χ0) is 23.0. The molecule has 2 aromatic heterocycles. The number of rotatable bonds is 6. The van der Waals surface area contributed by atoms with Crippen LogP contribution in [-0.4, -0.2) is 63.4 Å². The lowest BCUT2D eigenvalue weighted by Crippen LogP contribution is -2.56. The standard InChI is InChI=1S/C21H31BrN4O4Si/c1-21(2,3)31(4,5)30-17-7-6-10-26(20(28)29)16(17)11-14(27)12-25-13-23-19-15(25)8-9-18(22)24-19/h8-9,13,16-17H,6-7,10-12H2,1-5H3,(H,28,29)/t16-,17+/m1/s1. The van der Waals surface area contributed by atoms with Gasteiger partial charge in [-0.1, -0.05) is 20.8 Å². The molecule has 0 aliphatic carbocycles. The number of hydrogen-bond acceptors (Lipinski definition) is 5. The molecule has 0 radical (unpaired) electrons. The van der Waals surface area contributed by atoms with E-state index in [1.165, 1.54) is 4.90 Å². The second kappa shape index (κ2) is 8.99. The van der Waals surface area contributed by atoms with Crippen molar-refractivity contribution in [2.75, 3.05) is 6.54 Å². The van der Waals surface area contributed by atoms with Crippen molar-refractivity contribution in [2.45, 2.75) is 76.9 Å². The Morgan fingerprint density at radius 1 is 1.32 bits per heavy atom. The number of carbonyl (C=O) groups excluding carboxylic acids is 1. The molecule has 1 amide bonds. The number of likely N-dealkylation sites (tertiary alicyclic amines) is 1. The van der Waals surface area contributed by atoms with Crippen LogP contribution < -0.4 is 0 Å². The number of aromatic nitrogens is 3. The van der Waals surface area contributed by atoms with Gasteiger partial charge in [0.05, 0.1) is 30.5 Å². The summed E-state index contributed by atoms with van der Waals surface area (Å²) in [6.07, 6.45) is 1.95. The molecule has 0 saturated carbocycles. The molecule has 0 unspecified atom stereocenters. The Bertz CT molecular complexity index is 972. The number of amides is 1. The average Bonchev–Trinajstić information content (AvgIpc) is 3.03. The van der Waals surface area contributed by atoms with Crippen LogP contribution in [0.5, 0.6) is 0 Å². The molecule has 0 bridgehead atoms. The van der Waals surface area contributed by atoms with E-state index in [1.807, 2.05) is 6.07 Å². The van der Waals surface area contributed by atoms with Gasteiger partial charge < -0.3 is 19.0 Å². The number of fused-ring (bicyclic) bond motifs is 1. The summed E-state index contributed by atoms with van der Waals surface area (Å²) in [6, 6.07) is 3.19. The van der Waals surface area contributed by atoms with Crippen LogP contribution in [0.25, 0.3) is 11.2 Å². The van der Waals surface area contributed by atoms with Crippen molar-refractivity contribution in [1.82, 2.24) is 19.4 Å². The Hall–Kier alpha value is -1.78. The van der Waals surface area contributed by atoms with Crippen molar-refractivity contribution in [3.05, 3.63) is 23.1 Å². The van der Waals surface area contributed by atoms with E-state index in [2.05, 4.69) is 59.8 Å². The quantitative estimate of drug-likeness (QED) is 0.447. The molecule has 1 aliphatic heterocycles. The van der Waals surface area contributed by atoms with Crippen molar-refractivity contribution in [2.24, 2.45) is 0 Å². The third-order valence-corrected chi connectivity index (χ3v) is 11.4. The van der Waals surface area contributed by atoms with E-state index in [9.17, 15) is 14.7 Å². The molecular weight excluding hydrogens is 480 g/mol. The number of ketones is 1. The summed E-state index contributed by atoms with van der Waals surface area (Å²) >= 11 is 3.32. The lowest BCUT2D eigenvalue weighted by molar-refractivity contribution is -0.122. The minimum absolute atomic E-state index is 0.00403. The number of nitrogens with zero attached hydrogens (tertiary/aromatic N) is 4. The SMILES string of the molecule is CC(C)(C)[Si](C)(C)O[C@H]1CCCN(C(=O)O)[C@@H]1CC(=O)Cn1cnc2nc(Br)ccc21. The van der Waals surface area contributed by atoms with Gasteiger partial charge in [-0.3, -0.25) is 4.79 Å². The summed E-state index contributed by atoms with van der Waals surface area (Å²) in [7, 11) is -2.11. The molecule has 31 heavy (non-hydrogen) atoms. The first-order valence-corrected chi connectivity index (χ1v) is 14.3. The Kier molecular flexibility index (Phi) is 6.92. The number of halogens is 1. The molecule has 10 heteroatoms. The van der Waals surface area contributed by atoms with Crippen molar-refractivity contribution in [3.63, 3.8) is 0 Å². The first-order chi connectivity index (χ1) is 14.4. The van der Waals surface area contributed by atoms with Crippen LogP contribution in [-0.2, 0) is 15.8 Å². The number of carbonyl (C=O) groups is 2. The highest BCUT2D eigenvalue weighted by molar-refractivity contribution is 9.10. The number of hydrogen-bond donors (Lipinski definition) is 1. The highest BCUT2D eigenvalue weighted by Gasteiger charge is 2.44. The van der Waals surface area contributed by atoms with E-state index in [-0.39, 0.29) is 29.9 Å². The molecule has 1 saturated heterocycles. The maximum atomic E-state index is 13.0. The summed E-state index contributed by atoms with van der Waals surface area (Å²) in [5.74, 6) is -0.0517. The Labute approximate surface area is 192 Å². The second-order valence-corrected chi connectivity index (χ2v) is 15.3. The maximum absolute atomic E-state index is 13.0. The molecule has 2 aromatic rings. The molecule has 3 rings (SSSR count). The normalized spacial score (nSPS) is 20.3. The number of Topliss-reactive ketones (excluding diaryl/α,β-unsaturated/α-hetero) is 1. The highest BCUT2D eigenvalue weighted by atomic mass is 79.9. The number of piperidine rings is 1. The largest absolute Gasteiger partial charge is 0.465 e. The third kappa shape index (κ3) is 5.35. The summed E-state index contributed by atoms with van der Waals surface area (Å²) < 4.78 is 9.04. The first kappa shape index (κ1) is 23.9. The molecule has 1 fully saturated rings. The van der Waals surface area contributed by atoms with Crippen LogP contribution in [0.2, 0.25) is 18.1 Å². The van der Waals surface area contributed by atoms with Gasteiger partial charge in [-0.05, 0) is 59.0 Å². The van der Waals surface area contributed by atoms with Gasteiger partial charge in [-0.2, -0.15) is 0 Å². The van der Waals surface area contributed by atoms with Gasteiger partial charge in [0, 0.05) is 13.0 Å². The smallest absolute Gasteiger partial charge is 0.407 e. The second-order valence-electron chi connectivity index (χ2n) is 9.69. The zero-order valence-corrected chi connectivity index (χ0v) is 21.3. The van der Waals surface area contributed by atoms with Crippen LogP contribution in [0.4, 0.5) is 4.79 Å². The lowest BCUT2D eigenvalue weighted by Gasteiger charge is -2.45. The number of imidazole rings is 1. The fraction of sp³-hybridized carbons (Fsp3) is 0.619. The van der Waals surface area contributed by atoms with E-state index < -0.39 is 20.5 Å². The summed E-state index contributed by atoms with van der Waals surface area (Å²) in [4.78, 5) is 34.9. The van der Waals surface area contributed by atoms with Gasteiger partial charge in [0.1, 0.15) is 4.60 Å². The van der Waals surface area contributed by atoms with Crippen LogP contribution in [0.3, 0.4) is 0 Å². The summed E-state index contributed by atoms with van der Waals surface area (Å²) in [5.41, 5.74) is 1.33. The van der Waals surface area contributed by atoms with Gasteiger partial charge in [0.2, 0.25) is 0 Å². The van der Waals surface area contributed by atoms with Gasteiger partial charge in [0.25, 0.3) is 0 Å². The predicted octanol–water partition coefficient (Wildman–Crippen LogP) is 4.69. The number of pyridine rings is 1. The molecule has 0 aromatic carbocycles. The Morgan fingerprint density at radius 2 is 2.03 bits per heavy atom. The molecule has 1 N–H and O–H groups in total. The van der Waals surface area contributed by atoms with Crippen molar-refractivity contribution < 1.29 is 19.1 Å². The van der Waals surface area contributed by atoms with Crippen molar-refractivity contribution in [3.8, 4) is 0 Å². The van der Waals surface area contributed by atoms with Crippen molar-refractivity contribution in [1.29, 1.82) is 0 Å². The van der Waals surface area contributed by atoms with Gasteiger partial charge in [-0.15, -0.1) is 0 Å². The molecule has 0 spiro atoms. The molecule has 1 aliphatic rings. The van der Waals surface area contributed by atoms with Gasteiger partial charge >= 0.3 is 6.09 Å². The highest BCUT2D eigenvalue weighted by Crippen LogP contribution is 2.39. The summed E-state index contributed by atoms with van der Waals surface area (Å²) in [5, 5.41) is 9.77.